The Morgan fingerprint density at radius 2 is 1.67 bits per heavy atom. The molecule has 5 aliphatic heterocycles. The first kappa shape index (κ1) is 31.9. The molecular weight excluding hydrogens is 637 g/mol. The van der Waals surface area contributed by atoms with Crippen LogP contribution in [0.25, 0.3) is 0 Å². The molecule has 4 amide bonds. The van der Waals surface area contributed by atoms with Gasteiger partial charge in [0.2, 0.25) is 17.8 Å². The van der Waals surface area contributed by atoms with Crippen LogP contribution in [0.2, 0.25) is 0 Å². The van der Waals surface area contributed by atoms with Crippen molar-refractivity contribution < 1.29 is 41.9 Å². The number of fused-ring (bicyclic) bond motifs is 1. The second kappa shape index (κ2) is 12.4. The van der Waals surface area contributed by atoms with Crippen molar-refractivity contribution in [3.63, 3.8) is 0 Å². The summed E-state index contributed by atoms with van der Waals surface area (Å²) in [5.74, 6) is -3.45. The van der Waals surface area contributed by atoms with Crippen LogP contribution < -0.4 is 15.1 Å². The number of alkyl halides is 3. The van der Waals surface area contributed by atoms with E-state index >= 15 is 0 Å². The second-order valence-corrected chi connectivity index (χ2v) is 12.8. The Morgan fingerprint density at radius 3 is 2.38 bits per heavy atom. The number of carbonyl (C=O) groups is 5. The summed E-state index contributed by atoms with van der Waals surface area (Å²) in [6.07, 6.45) is -3.41. The van der Waals surface area contributed by atoms with Crippen molar-refractivity contribution in [3.8, 4) is 0 Å². The summed E-state index contributed by atoms with van der Waals surface area (Å²) in [5.41, 5.74) is 1.60. The number of benzene rings is 1. The van der Waals surface area contributed by atoms with Gasteiger partial charge in [-0.2, -0.15) is 13.2 Å². The van der Waals surface area contributed by atoms with E-state index < -0.39 is 48.4 Å². The van der Waals surface area contributed by atoms with E-state index in [0.717, 1.165) is 56.4 Å². The molecule has 7 rings (SSSR count). The summed E-state index contributed by atoms with van der Waals surface area (Å²) < 4.78 is 41.5. The quantitative estimate of drug-likeness (QED) is 0.307. The summed E-state index contributed by atoms with van der Waals surface area (Å²) in [4.78, 5) is 79.5. The Labute approximate surface area is 272 Å². The normalized spacial score (nSPS) is 22.8. The van der Waals surface area contributed by atoms with E-state index in [1.54, 1.807) is 12.1 Å². The summed E-state index contributed by atoms with van der Waals surface area (Å²) in [5, 5.41) is 2.21. The number of piperidine rings is 1. The predicted octanol–water partition coefficient (Wildman–Crippen LogP) is 0.426. The number of ether oxygens (including phenoxy) is 1. The van der Waals surface area contributed by atoms with Crippen molar-refractivity contribution in [1.82, 2.24) is 30.0 Å². The van der Waals surface area contributed by atoms with Crippen molar-refractivity contribution in [2.75, 3.05) is 68.7 Å². The molecule has 0 bridgehead atoms. The number of likely N-dealkylation sites (tertiary alicyclic amines) is 1. The fourth-order valence-corrected chi connectivity index (χ4v) is 6.97. The third-order valence-corrected chi connectivity index (χ3v) is 9.60. The van der Waals surface area contributed by atoms with Crippen LogP contribution in [0.4, 0.5) is 24.8 Å². The molecule has 1 aromatic heterocycles. The van der Waals surface area contributed by atoms with E-state index in [4.69, 9.17) is 0 Å². The first-order valence-electron chi connectivity index (χ1n) is 15.8. The maximum Gasteiger partial charge on any atom is 0.490 e. The molecule has 254 valence electrons. The first-order chi connectivity index (χ1) is 22.9. The Kier molecular flexibility index (Phi) is 8.27. The van der Waals surface area contributed by atoms with Gasteiger partial charge in [0.1, 0.15) is 12.6 Å². The van der Waals surface area contributed by atoms with Crippen LogP contribution in [0, 0.1) is 5.92 Å². The zero-order chi connectivity index (χ0) is 33.7. The highest BCUT2D eigenvalue weighted by atomic mass is 19.4. The number of imide groups is 2. The Bertz CT molecular complexity index is 1650. The predicted molar refractivity (Wildman–Crippen MR) is 161 cm³/mol. The maximum atomic E-state index is 13.2. The number of nitrogens with zero attached hydrogens (tertiary/aromatic N) is 7. The smallest absolute Gasteiger partial charge is 0.453 e. The van der Waals surface area contributed by atoms with Crippen molar-refractivity contribution >= 4 is 41.2 Å². The molecule has 1 N–H and O–H groups in total. The van der Waals surface area contributed by atoms with Gasteiger partial charge in [0, 0.05) is 89.2 Å². The number of nitrogens with one attached hydrogen (secondary N) is 1. The topological polar surface area (TPSA) is 149 Å². The van der Waals surface area contributed by atoms with Crippen LogP contribution in [0.5, 0.6) is 0 Å². The lowest BCUT2D eigenvalue weighted by molar-refractivity contribution is -0.201. The fraction of sp³-hybridized carbons (Fsp3) is 0.516. The number of aromatic nitrogens is 2. The largest absolute Gasteiger partial charge is 0.490 e. The van der Waals surface area contributed by atoms with Crippen molar-refractivity contribution in [2.24, 2.45) is 5.92 Å². The third kappa shape index (κ3) is 6.19. The van der Waals surface area contributed by atoms with Gasteiger partial charge in [-0.1, -0.05) is 0 Å². The Balaban J connectivity index is 0.839. The minimum absolute atomic E-state index is 0.0758. The van der Waals surface area contributed by atoms with E-state index in [0.29, 0.717) is 31.0 Å². The SMILES string of the molecule is O=C1CCC(N2C(=O)c3ccc(N4CC(CN5CC(N6CCN(c7nccc(COC(=O)C(F)(F)F)n7)CC6)C5)C4)cc3C2=O)C(=O)N1. The van der Waals surface area contributed by atoms with Crippen LogP contribution >= 0.6 is 0 Å². The molecule has 1 atom stereocenters. The number of amides is 4. The summed E-state index contributed by atoms with van der Waals surface area (Å²) in [6, 6.07) is 6.06. The lowest BCUT2D eigenvalue weighted by atomic mass is 9.95. The molecule has 14 nitrogen and oxygen atoms in total. The number of hydrogen-bond donors (Lipinski definition) is 1. The minimum atomic E-state index is -5.05. The van der Waals surface area contributed by atoms with Crippen LogP contribution in [0.3, 0.4) is 0 Å². The Hall–Kier alpha value is -4.64. The van der Waals surface area contributed by atoms with E-state index in [-0.39, 0.29) is 29.7 Å². The molecule has 48 heavy (non-hydrogen) atoms. The van der Waals surface area contributed by atoms with Crippen molar-refractivity contribution in [2.45, 2.75) is 37.7 Å². The number of anilines is 2. The van der Waals surface area contributed by atoms with E-state index in [1.165, 1.54) is 12.3 Å². The van der Waals surface area contributed by atoms with Gasteiger partial charge in [-0.15, -0.1) is 0 Å². The highest BCUT2D eigenvalue weighted by Crippen LogP contribution is 2.33. The third-order valence-electron chi connectivity index (χ3n) is 9.60. The zero-order valence-electron chi connectivity index (χ0n) is 25.8. The van der Waals surface area contributed by atoms with Crippen molar-refractivity contribution in [3.05, 3.63) is 47.3 Å². The van der Waals surface area contributed by atoms with Gasteiger partial charge in [0.25, 0.3) is 11.8 Å². The fourth-order valence-electron chi connectivity index (χ4n) is 6.97. The molecule has 17 heteroatoms. The van der Waals surface area contributed by atoms with Gasteiger partial charge in [-0.25, -0.2) is 14.8 Å². The van der Waals surface area contributed by atoms with Gasteiger partial charge in [-0.3, -0.25) is 39.2 Å². The maximum absolute atomic E-state index is 13.2. The average molecular weight is 671 g/mol. The number of rotatable bonds is 8. The van der Waals surface area contributed by atoms with Crippen LogP contribution in [-0.2, 0) is 25.7 Å². The molecule has 0 radical (unpaired) electrons. The number of piperazine rings is 1. The molecule has 1 aromatic carbocycles. The van der Waals surface area contributed by atoms with Gasteiger partial charge in [0.15, 0.2) is 0 Å². The number of esters is 1. The van der Waals surface area contributed by atoms with Crippen LogP contribution in [0.15, 0.2) is 30.5 Å². The number of carbonyl (C=O) groups excluding carboxylic acids is 5. The summed E-state index contributed by atoms with van der Waals surface area (Å²) in [6.45, 7) is 6.87. The Morgan fingerprint density at radius 1 is 0.938 bits per heavy atom. The zero-order valence-corrected chi connectivity index (χ0v) is 25.8. The standard InChI is InChI=1S/C31H33F3N8O6/c32-31(33,34)29(47)48-17-19-5-6-35-30(36-19)40-9-7-39(8-10-40)21-15-38(16-21)12-18-13-41(14-18)20-1-2-22-23(11-20)28(46)42(27(22)45)24-3-4-25(43)37-26(24)44/h1-2,5-6,11,18,21,24H,3-4,7-10,12-17H2,(H,37,43,44). The highest BCUT2D eigenvalue weighted by molar-refractivity contribution is 6.23. The second-order valence-electron chi connectivity index (χ2n) is 12.8. The van der Waals surface area contributed by atoms with E-state index in [9.17, 15) is 37.1 Å². The monoisotopic (exact) mass is 670 g/mol. The molecule has 0 spiro atoms. The number of halogens is 3. The minimum Gasteiger partial charge on any atom is -0.453 e. The van der Waals surface area contributed by atoms with Gasteiger partial charge in [0.05, 0.1) is 16.8 Å². The summed E-state index contributed by atoms with van der Waals surface area (Å²) >= 11 is 0. The lowest BCUT2D eigenvalue weighted by Crippen LogP contribution is -2.65. The van der Waals surface area contributed by atoms with Gasteiger partial charge < -0.3 is 14.5 Å². The van der Waals surface area contributed by atoms with Crippen LogP contribution in [-0.4, -0.2) is 131 Å². The molecule has 5 aliphatic rings. The highest BCUT2D eigenvalue weighted by Gasteiger charge is 2.45. The van der Waals surface area contributed by atoms with Crippen molar-refractivity contribution in [1.29, 1.82) is 0 Å². The van der Waals surface area contributed by atoms with Gasteiger partial charge in [-0.05, 0) is 30.7 Å². The summed E-state index contributed by atoms with van der Waals surface area (Å²) in [7, 11) is 0. The molecule has 1 unspecified atom stereocenters. The molecule has 0 saturated carbocycles. The van der Waals surface area contributed by atoms with E-state index in [1.807, 2.05) is 11.0 Å². The molecule has 4 saturated heterocycles. The molecule has 4 fully saturated rings. The average Bonchev–Trinajstić information content (AvgIpc) is 3.26. The van der Waals surface area contributed by atoms with E-state index in [2.05, 4.69) is 34.7 Å². The van der Waals surface area contributed by atoms with Gasteiger partial charge >= 0.3 is 12.1 Å². The number of hydrogen-bond acceptors (Lipinski definition) is 12. The molecule has 6 heterocycles. The first-order valence-corrected chi connectivity index (χ1v) is 15.8. The van der Waals surface area contributed by atoms with Crippen LogP contribution in [0.1, 0.15) is 39.3 Å². The molecule has 0 aliphatic carbocycles. The molecular formula is C31H33F3N8O6. The lowest BCUT2D eigenvalue weighted by Gasteiger charge is -2.51. The molecule has 2 aromatic rings.